The lowest BCUT2D eigenvalue weighted by Gasteiger charge is -2.39. The van der Waals surface area contributed by atoms with Crippen LogP contribution in [0, 0.1) is 11.7 Å². The highest BCUT2D eigenvalue weighted by molar-refractivity contribution is 7.12. The van der Waals surface area contributed by atoms with Gasteiger partial charge in [-0.05, 0) is 6.07 Å². The van der Waals surface area contributed by atoms with Crippen molar-refractivity contribution < 1.29 is 41.8 Å². The quantitative estimate of drug-likeness (QED) is 0.406. The molecular formula is C23H20F4N6O6S. The zero-order valence-corrected chi connectivity index (χ0v) is 21.2. The highest BCUT2D eigenvalue weighted by atomic mass is 32.1. The van der Waals surface area contributed by atoms with E-state index >= 15 is 4.39 Å². The van der Waals surface area contributed by atoms with Gasteiger partial charge in [-0.15, -0.1) is 11.3 Å². The van der Waals surface area contributed by atoms with Crippen molar-refractivity contribution in [2.24, 2.45) is 5.92 Å². The smallest absolute Gasteiger partial charge is 0.471 e. The van der Waals surface area contributed by atoms with Gasteiger partial charge in [0.2, 0.25) is 11.3 Å². The molecule has 17 heteroatoms. The second kappa shape index (κ2) is 10.5. The standard InChI is InChI=1S/C23H20F4N6O6S/c24-15-5-13-16(34)14(20(36)37)10-33(22-28-1-4-40-22)17(13)30-18(15)32-7-11(8-32)19(35)29-6-12-9-31(2-3-39-12)21(38)23(25,26)27/h1,4-5,10-12H,2-3,6-9H2,(H,29,35)(H,36,37). The van der Waals surface area contributed by atoms with Crippen LogP contribution in [-0.4, -0.2) is 93.9 Å². The summed E-state index contributed by atoms with van der Waals surface area (Å²) in [6, 6.07) is 0.901. The number of thiazole rings is 1. The van der Waals surface area contributed by atoms with Crippen molar-refractivity contribution in [2.75, 3.05) is 44.2 Å². The van der Waals surface area contributed by atoms with Crippen molar-refractivity contribution in [2.45, 2.75) is 12.3 Å². The van der Waals surface area contributed by atoms with Crippen LogP contribution in [0.3, 0.4) is 0 Å². The third-order valence-electron chi connectivity index (χ3n) is 6.49. The number of alkyl halides is 3. The summed E-state index contributed by atoms with van der Waals surface area (Å²) >= 11 is 1.15. The molecule has 3 aromatic heterocycles. The first kappa shape index (κ1) is 27.4. The number of anilines is 1. The molecule has 3 aromatic rings. The molecule has 2 amide bonds. The Hall–Kier alpha value is -4.12. The summed E-state index contributed by atoms with van der Waals surface area (Å²) in [7, 11) is 0. The first-order valence-electron chi connectivity index (χ1n) is 11.8. The van der Waals surface area contributed by atoms with Crippen LogP contribution in [0.4, 0.5) is 23.4 Å². The number of aromatic nitrogens is 3. The normalized spacial score (nSPS) is 18.1. The molecule has 0 bridgehead atoms. The fourth-order valence-corrected chi connectivity index (χ4v) is 5.07. The number of nitrogens with one attached hydrogen (secondary N) is 1. The van der Waals surface area contributed by atoms with Gasteiger partial charge in [-0.25, -0.2) is 19.2 Å². The van der Waals surface area contributed by atoms with Crippen molar-refractivity contribution in [3.8, 4) is 5.13 Å². The maximum absolute atomic E-state index is 15.0. The summed E-state index contributed by atoms with van der Waals surface area (Å²) < 4.78 is 59.8. The number of fused-ring (bicyclic) bond motifs is 1. The summed E-state index contributed by atoms with van der Waals surface area (Å²) in [4.78, 5) is 58.8. The predicted molar refractivity (Wildman–Crippen MR) is 131 cm³/mol. The Morgan fingerprint density at radius 2 is 1.98 bits per heavy atom. The molecule has 12 nitrogen and oxygen atoms in total. The molecule has 0 aliphatic carbocycles. The Kier molecular flexibility index (Phi) is 7.17. The average molecular weight is 585 g/mol. The molecule has 5 heterocycles. The van der Waals surface area contributed by atoms with Gasteiger partial charge in [-0.2, -0.15) is 13.2 Å². The number of nitrogens with zero attached hydrogens (tertiary/aromatic N) is 5. The van der Waals surface area contributed by atoms with Crippen molar-refractivity contribution in [1.29, 1.82) is 0 Å². The largest absolute Gasteiger partial charge is 0.477 e. The fourth-order valence-electron chi connectivity index (χ4n) is 4.45. The molecule has 1 atom stereocenters. The number of hydrogen-bond donors (Lipinski definition) is 2. The number of pyridine rings is 2. The van der Waals surface area contributed by atoms with E-state index in [1.54, 1.807) is 5.38 Å². The summed E-state index contributed by atoms with van der Waals surface area (Å²) in [5, 5.41) is 13.7. The van der Waals surface area contributed by atoms with E-state index < -0.39 is 52.8 Å². The second-order valence-electron chi connectivity index (χ2n) is 9.12. The van der Waals surface area contributed by atoms with E-state index in [-0.39, 0.29) is 56.2 Å². The minimum absolute atomic E-state index is 0.0124. The fraction of sp³-hybridized carbons (Fsp3) is 0.391. The number of morpholine rings is 1. The lowest BCUT2D eigenvalue weighted by Crippen LogP contribution is -2.57. The van der Waals surface area contributed by atoms with E-state index in [4.69, 9.17) is 4.74 Å². The number of rotatable bonds is 6. The van der Waals surface area contributed by atoms with Crippen LogP contribution in [0.15, 0.2) is 28.6 Å². The van der Waals surface area contributed by atoms with Crippen LogP contribution in [0.2, 0.25) is 0 Å². The van der Waals surface area contributed by atoms with E-state index in [2.05, 4.69) is 15.3 Å². The molecule has 2 aliphatic rings. The molecule has 2 saturated heterocycles. The maximum atomic E-state index is 15.0. The maximum Gasteiger partial charge on any atom is 0.471 e. The van der Waals surface area contributed by atoms with Gasteiger partial charge in [0, 0.05) is 50.5 Å². The van der Waals surface area contributed by atoms with Gasteiger partial charge in [-0.1, -0.05) is 0 Å². The highest BCUT2D eigenvalue weighted by Gasteiger charge is 2.44. The zero-order chi connectivity index (χ0) is 28.8. The number of carboxylic acids is 1. The van der Waals surface area contributed by atoms with Crippen LogP contribution in [0.5, 0.6) is 0 Å². The summed E-state index contributed by atoms with van der Waals surface area (Å²) in [6.45, 7) is -0.650. The van der Waals surface area contributed by atoms with Gasteiger partial charge in [0.25, 0.3) is 0 Å². The number of carbonyl (C=O) groups excluding carboxylic acids is 2. The van der Waals surface area contributed by atoms with Gasteiger partial charge in [0.1, 0.15) is 5.56 Å². The number of hydrogen-bond acceptors (Lipinski definition) is 9. The van der Waals surface area contributed by atoms with E-state index in [0.29, 0.717) is 10.0 Å². The van der Waals surface area contributed by atoms with Crippen molar-refractivity contribution >= 4 is 46.0 Å². The van der Waals surface area contributed by atoms with Gasteiger partial charge >= 0.3 is 18.1 Å². The number of ether oxygens (including phenoxy) is 1. The van der Waals surface area contributed by atoms with E-state index in [9.17, 15) is 37.5 Å². The topological polar surface area (TPSA) is 147 Å². The van der Waals surface area contributed by atoms with Crippen LogP contribution in [-0.2, 0) is 14.3 Å². The molecule has 212 valence electrons. The molecule has 5 rings (SSSR count). The van der Waals surface area contributed by atoms with Crippen LogP contribution < -0.4 is 15.6 Å². The third-order valence-corrected chi connectivity index (χ3v) is 7.26. The minimum Gasteiger partial charge on any atom is -0.477 e. The molecule has 0 spiro atoms. The molecule has 2 N–H and O–H groups in total. The Labute approximate surface area is 225 Å². The van der Waals surface area contributed by atoms with Crippen molar-refractivity contribution in [3.63, 3.8) is 0 Å². The van der Waals surface area contributed by atoms with Gasteiger partial charge in [-0.3, -0.25) is 19.0 Å². The molecular weight excluding hydrogens is 564 g/mol. The Morgan fingerprint density at radius 1 is 1.23 bits per heavy atom. The number of carboxylic acid groups (broad SMARTS) is 1. The van der Waals surface area contributed by atoms with E-state index in [1.807, 2.05) is 0 Å². The average Bonchev–Trinajstić information content (AvgIpc) is 3.41. The van der Waals surface area contributed by atoms with Gasteiger partial charge in [0.15, 0.2) is 22.4 Å². The van der Waals surface area contributed by atoms with Gasteiger partial charge < -0.3 is 25.0 Å². The Bertz CT molecular complexity index is 1540. The zero-order valence-electron chi connectivity index (χ0n) is 20.4. The molecule has 0 radical (unpaired) electrons. The number of carbonyl (C=O) groups is 3. The number of amides is 2. The first-order valence-corrected chi connectivity index (χ1v) is 12.7. The van der Waals surface area contributed by atoms with Crippen molar-refractivity contribution in [3.05, 3.63) is 45.4 Å². The predicted octanol–water partition coefficient (Wildman–Crippen LogP) is 1.02. The number of aromatic carboxylic acids is 1. The Morgan fingerprint density at radius 3 is 2.62 bits per heavy atom. The third kappa shape index (κ3) is 5.21. The molecule has 2 fully saturated rings. The minimum atomic E-state index is -5.00. The summed E-state index contributed by atoms with van der Waals surface area (Å²) in [5.74, 6) is -5.53. The SMILES string of the molecule is O=C(O)c1cn(-c2nccs2)c2nc(N3CC(C(=O)NCC4CN(C(=O)C(F)(F)F)CCO4)C3)c(F)cc2c1=O. The second-order valence-corrected chi connectivity index (χ2v) is 9.99. The van der Waals surface area contributed by atoms with Crippen molar-refractivity contribution in [1.82, 2.24) is 24.8 Å². The lowest BCUT2D eigenvalue weighted by molar-refractivity contribution is -0.191. The van der Waals surface area contributed by atoms with E-state index in [1.165, 1.54) is 15.7 Å². The lowest BCUT2D eigenvalue weighted by atomic mass is 9.99. The molecule has 0 saturated carbocycles. The molecule has 2 aliphatic heterocycles. The highest BCUT2D eigenvalue weighted by Crippen LogP contribution is 2.29. The monoisotopic (exact) mass is 584 g/mol. The van der Waals surface area contributed by atoms with Crippen LogP contribution >= 0.6 is 11.3 Å². The Balaban J connectivity index is 1.27. The van der Waals surface area contributed by atoms with Crippen LogP contribution in [0.1, 0.15) is 10.4 Å². The molecule has 1 unspecified atom stereocenters. The number of halogens is 4. The molecule has 40 heavy (non-hydrogen) atoms. The first-order chi connectivity index (χ1) is 18.9. The van der Waals surface area contributed by atoms with Gasteiger partial charge in [0.05, 0.1) is 24.0 Å². The summed E-state index contributed by atoms with van der Waals surface area (Å²) in [6.07, 6.45) is -3.28. The van der Waals surface area contributed by atoms with E-state index in [0.717, 1.165) is 23.6 Å². The van der Waals surface area contributed by atoms with Crippen LogP contribution in [0.25, 0.3) is 16.2 Å². The summed E-state index contributed by atoms with van der Waals surface area (Å²) in [5.41, 5.74) is -1.50. The molecule has 0 aromatic carbocycles.